The summed E-state index contributed by atoms with van der Waals surface area (Å²) in [7, 11) is 0. The minimum Gasteiger partial charge on any atom is -0.246 e. The lowest BCUT2D eigenvalue weighted by molar-refractivity contribution is 1.00. The molecule has 2 aromatic rings. The molecule has 5 heteroatoms. The summed E-state index contributed by atoms with van der Waals surface area (Å²) >= 11 is 7.48. The number of hydrogen-bond donors (Lipinski definition) is 0. The van der Waals surface area contributed by atoms with Crippen LogP contribution in [0.2, 0.25) is 5.15 Å². The number of thiazole rings is 1. The second-order valence-electron chi connectivity index (χ2n) is 3.26. The third-order valence-electron chi connectivity index (χ3n) is 2.10. The van der Waals surface area contributed by atoms with Gasteiger partial charge in [-0.25, -0.2) is 15.0 Å². The molecule has 15 heavy (non-hydrogen) atoms. The molecule has 0 bridgehead atoms. The van der Waals surface area contributed by atoms with Gasteiger partial charge in [-0.2, -0.15) is 0 Å². The molecule has 0 atom stereocenters. The molecule has 0 aliphatic rings. The average Bonchev–Trinajstić information content (AvgIpc) is 2.45. The molecule has 0 saturated heterocycles. The molecule has 2 aromatic heterocycles. The Kier molecular flexibility index (Phi) is 2.98. The van der Waals surface area contributed by atoms with Crippen LogP contribution < -0.4 is 0 Å². The largest absolute Gasteiger partial charge is 0.246 e. The van der Waals surface area contributed by atoms with E-state index in [4.69, 9.17) is 11.6 Å². The SMILES string of the molecule is Cc1nc(Cc2cc(Cl)ncn2)sc1C. The molecule has 0 N–H and O–H groups in total. The summed E-state index contributed by atoms with van der Waals surface area (Å²) in [6.07, 6.45) is 2.20. The van der Waals surface area contributed by atoms with Gasteiger partial charge < -0.3 is 0 Å². The van der Waals surface area contributed by atoms with Crippen molar-refractivity contribution in [3.63, 3.8) is 0 Å². The Balaban J connectivity index is 2.22. The molecule has 0 unspecified atom stereocenters. The number of aromatic nitrogens is 3. The van der Waals surface area contributed by atoms with Crippen molar-refractivity contribution in [1.82, 2.24) is 15.0 Å². The summed E-state index contributed by atoms with van der Waals surface area (Å²) < 4.78 is 0. The minimum absolute atomic E-state index is 0.477. The highest BCUT2D eigenvalue weighted by molar-refractivity contribution is 7.11. The Hall–Kier alpha value is -1.00. The molecule has 78 valence electrons. The summed E-state index contributed by atoms with van der Waals surface area (Å²) in [5.41, 5.74) is 2.00. The third-order valence-corrected chi connectivity index (χ3v) is 3.38. The van der Waals surface area contributed by atoms with Gasteiger partial charge in [0, 0.05) is 11.3 Å². The monoisotopic (exact) mass is 239 g/mol. The van der Waals surface area contributed by atoms with Crippen molar-refractivity contribution in [2.45, 2.75) is 20.3 Å². The first-order valence-corrected chi connectivity index (χ1v) is 5.74. The fraction of sp³-hybridized carbons (Fsp3) is 0.300. The fourth-order valence-corrected chi connectivity index (χ4v) is 2.36. The van der Waals surface area contributed by atoms with Crippen LogP contribution in [-0.2, 0) is 6.42 Å². The first-order valence-electron chi connectivity index (χ1n) is 4.54. The maximum atomic E-state index is 5.78. The average molecular weight is 240 g/mol. The van der Waals surface area contributed by atoms with Gasteiger partial charge in [-0.1, -0.05) is 11.6 Å². The van der Waals surface area contributed by atoms with Gasteiger partial charge in [0.15, 0.2) is 0 Å². The van der Waals surface area contributed by atoms with Crippen LogP contribution in [0.3, 0.4) is 0 Å². The molecule has 0 spiro atoms. The quantitative estimate of drug-likeness (QED) is 0.757. The number of hydrogen-bond acceptors (Lipinski definition) is 4. The minimum atomic E-state index is 0.477. The number of rotatable bonds is 2. The lowest BCUT2D eigenvalue weighted by Gasteiger charge is -1.96. The van der Waals surface area contributed by atoms with Gasteiger partial charge in [-0.15, -0.1) is 11.3 Å². The van der Waals surface area contributed by atoms with Gasteiger partial charge in [0.2, 0.25) is 0 Å². The second kappa shape index (κ2) is 4.24. The van der Waals surface area contributed by atoms with Gasteiger partial charge in [0.05, 0.1) is 16.4 Å². The fourth-order valence-electron chi connectivity index (χ4n) is 1.24. The first kappa shape index (κ1) is 10.5. The Morgan fingerprint density at radius 2 is 2.13 bits per heavy atom. The van der Waals surface area contributed by atoms with Crippen molar-refractivity contribution in [2.24, 2.45) is 0 Å². The summed E-state index contributed by atoms with van der Waals surface area (Å²) in [4.78, 5) is 13.7. The lowest BCUT2D eigenvalue weighted by atomic mass is 10.3. The molecule has 0 saturated carbocycles. The molecular weight excluding hydrogens is 230 g/mol. The molecule has 2 rings (SSSR count). The van der Waals surface area contributed by atoms with Crippen LogP contribution in [-0.4, -0.2) is 15.0 Å². The van der Waals surface area contributed by atoms with Crippen LogP contribution in [0.1, 0.15) is 21.3 Å². The van der Waals surface area contributed by atoms with E-state index in [1.54, 1.807) is 17.4 Å². The van der Waals surface area contributed by atoms with E-state index in [2.05, 4.69) is 21.9 Å². The van der Waals surface area contributed by atoms with Crippen molar-refractivity contribution < 1.29 is 0 Å². The molecule has 0 aliphatic carbocycles. The second-order valence-corrected chi connectivity index (χ2v) is 4.93. The van der Waals surface area contributed by atoms with Crippen LogP contribution in [0.5, 0.6) is 0 Å². The standard InChI is InChI=1S/C10H10ClN3S/c1-6-7(2)15-10(14-6)4-8-3-9(11)13-5-12-8/h3,5H,4H2,1-2H3. The number of nitrogens with zero attached hydrogens (tertiary/aromatic N) is 3. The highest BCUT2D eigenvalue weighted by atomic mass is 35.5. The van der Waals surface area contributed by atoms with Gasteiger partial charge in [-0.3, -0.25) is 0 Å². The zero-order chi connectivity index (χ0) is 10.8. The highest BCUT2D eigenvalue weighted by Crippen LogP contribution is 2.19. The van der Waals surface area contributed by atoms with Gasteiger partial charge in [0.1, 0.15) is 11.5 Å². The van der Waals surface area contributed by atoms with Crippen molar-refractivity contribution >= 4 is 22.9 Å². The van der Waals surface area contributed by atoms with E-state index in [-0.39, 0.29) is 0 Å². The predicted octanol–water partition coefficient (Wildman–Crippen LogP) is 2.79. The summed E-state index contributed by atoms with van der Waals surface area (Å²) in [5.74, 6) is 0. The third kappa shape index (κ3) is 2.52. The van der Waals surface area contributed by atoms with E-state index in [0.717, 1.165) is 22.8 Å². The van der Waals surface area contributed by atoms with Crippen molar-refractivity contribution in [3.05, 3.63) is 38.8 Å². The van der Waals surface area contributed by atoms with E-state index >= 15 is 0 Å². The van der Waals surface area contributed by atoms with Crippen molar-refractivity contribution in [2.75, 3.05) is 0 Å². The first-order chi connectivity index (χ1) is 7.15. The van der Waals surface area contributed by atoms with Gasteiger partial charge in [-0.05, 0) is 19.9 Å². The molecule has 0 aromatic carbocycles. The normalized spacial score (nSPS) is 10.6. The molecule has 0 fully saturated rings. The molecule has 3 nitrogen and oxygen atoms in total. The van der Waals surface area contributed by atoms with E-state index in [1.165, 1.54) is 11.2 Å². The lowest BCUT2D eigenvalue weighted by Crippen LogP contribution is -1.92. The molecule has 0 aliphatic heterocycles. The summed E-state index contributed by atoms with van der Waals surface area (Å²) in [5, 5.41) is 1.55. The van der Waals surface area contributed by atoms with Gasteiger partial charge >= 0.3 is 0 Å². The zero-order valence-electron chi connectivity index (χ0n) is 8.49. The van der Waals surface area contributed by atoms with Crippen molar-refractivity contribution in [1.29, 1.82) is 0 Å². The Bertz CT molecular complexity index is 462. The maximum absolute atomic E-state index is 5.78. The Labute approximate surface area is 97.2 Å². The molecule has 0 amide bonds. The smallest absolute Gasteiger partial charge is 0.132 e. The van der Waals surface area contributed by atoms with Crippen LogP contribution in [0.15, 0.2) is 12.4 Å². The van der Waals surface area contributed by atoms with E-state index < -0.39 is 0 Å². The van der Waals surface area contributed by atoms with Crippen molar-refractivity contribution in [3.8, 4) is 0 Å². The van der Waals surface area contributed by atoms with Crippen LogP contribution in [0.4, 0.5) is 0 Å². The maximum Gasteiger partial charge on any atom is 0.132 e. The molecule has 2 heterocycles. The van der Waals surface area contributed by atoms with E-state index in [0.29, 0.717) is 5.15 Å². The van der Waals surface area contributed by atoms with E-state index in [9.17, 15) is 0 Å². The van der Waals surface area contributed by atoms with Crippen LogP contribution in [0.25, 0.3) is 0 Å². The molecular formula is C10H10ClN3S. The van der Waals surface area contributed by atoms with E-state index in [1.807, 2.05) is 6.92 Å². The van der Waals surface area contributed by atoms with Crippen LogP contribution >= 0.6 is 22.9 Å². The van der Waals surface area contributed by atoms with Gasteiger partial charge in [0.25, 0.3) is 0 Å². The summed E-state index contributed by atoms with van der Waals surface area (Å²) in [6, 6.07) is 1.77. The zero-order valence-corrected chi connectivity index (χ0v) is 10.1. The summed E-state index contributed by atoms with van der Waals surface area (Å²) in [6.45, 7) is 4.09. The molecule has 0 radical (unpaired) electrons. The predicted molar refractivity (Wildman–Crippen MR) is 61.4 cm³/mol. The Morgan fingerprint density at radius 3 is 2.73 bits per heavy atom. The Morgan fingerprint density at radius 1 is 1.33 bits per heavy atom. The number of aryl methyl sites for hydroxylation is 2. The topological polar surface area (TPSA) is 38.7 Å². The van der Waals surface area contributed by atoms with Crippen LogP contribution in [0, 0.1) is 13.8 Å². The highest BCUT2D eigenvalue weighted by Gasteiger charge is 2.05. The number of halogens is 1.